The normalized spacial score (nSPS) is 16.5. The Morgan fingerprint density at radius 1 is 0.925 bits per heavy atom. The fraction of sp³-hybridized carbons (Fsp3) is 0.270. The van der Waals surface area contributed by atoms with Crippen LogP contribution in [0.3, 0.4) is 0 Å². The maximum absolute atomic E-state index is 4.38. The van der Waals surface area contributed by atoms with E-state index in [9.17, 15) is 0 Å². The molecule has 3 aromatic carbocycles. The quantitative estimate of drug-likeness (QED) is 0.127. The molecule has 1 N–H and O–H groups in total. The smallest absolute Gasteiger partial charge is 0.213 e. The van der Waals surface area contributed by atoms with Gasteiger partial charge in [0.05, 0.1) is 8.07 Å². The second kappa shape index (κ2) is 11.4. The summed E-state index contributed by atoms with van der Waals surface area (Å²) < 4.78 is 2.61. The maximum atomic E-state index is 4.38. The zero-order valence-corrected chi connectivity index (χ0v) is 25.8. The van der Waals surface area contributed by atoms with Gasteiger partial charge in [-0.3, -0.25) is 0 Å². The predicted octanol–water partition coefficient (Wildman–Crippen LogP) is 8.68. The number of nitrogens with zero attached hydrogens (tertiary/aromatic N) is 1. The third kappa shape index (κ3) is 5.35. The van der Waals surface area contributed by atoms with Crippen molar-refractivity contribution >= 4 is 24.0 Å². The minimum Gasteiger partial charge on any atom is -0.392 e. The van der Waals surface area contributed by atoms with Crippen molar-refractivity contribution in [3.63, 3.8) is 0 Å². The van der Waals surface area contributed by atoms with E-state index >= 15 is 0 Å². The highest BCUT2D eigenvalue weighted by atomic mass is 28.3. The Balaban J connectivity index is 1.77. The van der Waals surface area contributed by atoms with E-state index in [4.69, 9.17) is 0 Å². The highest BCUT2D eigenvalue weighted by molar-refractivity contribution is 6.89. The molecule has 5 rings (SSSR count). The third-order valence-corrected chi connectivity index (χ3v) is 10.5. The van der Waals surface area contributed by atoms with Crippen LogP contribution in [0.2, 0.25) is 19.6 Å². The summed E-state index contributed by atoms with van der Waals surface area (Å²) in [5.74, 6) is 0.374. The summed E-state index contributed by atoms with van der Waals surface area (Å²) in [6.45, 7) is 18.2. The van der Waals surface area contributed by atoms with E-state index in [1.807, 2.05) is 7.05 Å². The van der Waals surface area contributed by atoms with Gasteiger partial charge in [-0.25, -0.2) is 0 Å². The number of rotatable bonds is 9. The molecule has 2 nitrogen and oxygen atoms in total. The molecule has 0 saturated carbocycles. The minimum absolute atomic E-state index is 0.278. The molecule has 0 bridgehead atoms. The molecule has 0 radical (unpaired) electrons. The summed E-state index contributed by atoms with van der Waals surface area (Å²) >= 11 is 0. The highest BCUT2D eigenvalue weighted by Crippen LogP contribution is 2.44. The van der Waals surface area contributed by atoms with Gasteiger partial charge >= 0.3 is 0 Å². The third-order valence-electron chi connectivity index (χ3n) is 8.45. The molecule has 2 heterocycles. The van der Waals surface area contributed by atoms with Gasteiger partial charge in [0, 0.05) is 41.9 Å². The molecule has 2 atom stereocenters. The number of nitrogens with one attached hydrogen (secondary N) is 1. The molecule has 0 amide bonds. The monoisotopic (exact) mass is 543 g/mol. The zero-order valence-electron chi connectivity index (χ0n) is 24.8. The Kier molecular flexibility index (Phi) is 7.96. The molecule has 4 aromatic rings. The molecule has 0 aliphatic carbocycles. The van der Waals surface area contributed by atoms with Crippen molar-refractivity contribution in [2.24, 2.45) is 0 Å². The molecule has 3 heteroatoms. The van der Waals surface area contributed by atoms with Gasteiger partial charge in [0.15, 0.2) is 12.2 Å². The Bertz CT molecular complexity index is 1600. The SMILES string of the molecule is C=C(/C=C\C)CCC1c2ccccc2-c2cc(-c3cccc4ccccc34)c([Si](C)(C)C)c[n+]2C1CC(=C)NC. The van der Waals surface area contributed by atoms with Crippen LogP contribution in [-0.4, -0.2) is 15.1 Å². The van der Waals surface area contributed by atoms with Crippen LogP contribution in [0.15, 0.2) is 116 Å². The lowest BCUT2D eigenvalue weighted by molar-refractivity contribution is -0.717. The Morgan fingerprint density at radius 2 is 1.62 bits per heavy atom. The van der Waals surface area contributed by atoms with E-state index in [2.05, 4.69) is 141 Å². The number of hydrogen-bond acceptors (Lipinski definition) is 1. The second-order valence-corrected chi connectivity index (χ2v) is 17.2. The lowest BCUT2D eigenvalue weighted by Crippen LogP contribution is -2.53. The van der Waals surface area contributed by atoms with Crippen molar-refractivity contribution in [1.82, 2.24) is 5.32 Å². The average molecular weight is 544 g/mol. The first kappa shape index (κ1) is 27.9. The molecule has 1 aliphatic rings. The topological polar surface area (TPSA) is 15.9 Å². The number of hydrogen-bond donors (Lipinski definition) is 1. The van der Waals surface area contributed by atoms with Gasteiger partial charge in [0.1, 0.15) is 0 Å². The van der Waals surface area contributed by atoms with Crippen molar-refractivity contribution in [2.45, 2.75) is 57.8 Å². The van der Waals surface area contributed by atoms with Crippen LogP contribution < -0.4 is 15.1 Å². The van der Waals surface area contributed by atoms with Crippen LogP contribution in [0.25, 0.3) is 33.2 Å². The Morgan fingerprint density at radius 3 is 2.38 bits per heavy atom. The largest absolute Gasteiger partial charge is 0.392 e. The first-order chi connectivity index (χ1) is 19.2. The number of allylic oxidation sites excluding steroid dienone is 4. The molecule has 2 unspecified atom stereocenters. The molecule has 0 fully saturated rings. The van der Waals surface area contributed by atoms with Gasteiger partial charge in [0.25, 0.3) is 0 Å². The zero-order chi connectivity index (χ0) is 28.4. The van der Waals surface area contributed by atoms with E-state index < -0.39 is 8.07 Å². The first-order valence-corrected chi connectivity index (χ1v) is 18.1. The fourth-order valence-corrected chi connectivity index (χ4v) is 7.94. The molecule has 204 valence electrons. The molecule has 0 spiro atoms. The summed E-state index contributed by atoms with van der Waals surface area (Å²) in [7, 11) is 0.263. The fourth-order valence-electron chi connectivity index (χ4n) is 6.40. The van der Waals surface area contributed by atoms with Crippen LogP contribution in [0, 0.1) is 0 Å². The Hall–Kier alpha value is -3.69. The average Bonchev–Trinajstić information content (AvgIpc) is 2.95. The molecule has 1 aromatic heterocycles. The van der Waals surface area contributed by atoms with Crippen LogP contribution in [0.4, 0.5) is 0 Å². The maximum Gasteiger partial charge on any atom is 0.213 e. The van der Waals surface area contributed by atoms with Crippen LogP contribution in [0.5, 0.6) is 0 Å². The van der Waals surface area contributed by atoms with Gasteiger partial charge in [-0.15, -0.1) is 0 Å². The molecular formula is C37H43N2Si+. The summed E-state index contributed by atoms with van der Waals surface area (Å²) in [6, 6.07) is 27.4. The first-order valence-electron chi connectivity index (χ1n) is 14.6. The summed E-state index contributed by atoms with van der Waals surface area (Å²) in [5, 5.41) is 7.46. The summed E-state index contributed by atoms with van der Waals surface area (Å²) in [5.41, 5.74) is 9.07. The predicted molar refractivity (Wildman–Crippen MR) is 176 cm³/mol. The second-order valence-electron chi connectivity index (χ2n) is 12.2. The molecule has 0 saturated heterocycles. The van der Waals surface area contributed by atoms with Gasteiger partial charge in [-0.05, 0) is 53.3 Å². The van der Waals surface area contributed by atoms with Crippen LogP contribution in [0.1, 0.15) is 43.7 Å². The van der Waals surface area contributed by atoms with Crippen LogP contribution >= 0.6 is 0 Å². The number of aromatic nitrogens is 1. The standard InChI is InChI=1S/C37H43N2Si/c1-8-14-26(2)21-22-33-31-18-11-12-19-32(31)36-24-34(30-20-13-16-28-15-9-10-17-29(28)30)37(40(5,6)7)25-39(36)35(33)23-27(3)38-4/h8-20,24-25,33,35,38H,2-3,21-23H2,1,4-7H3/q+1/b14-8-. The van der Waals surface area contributed by atoms with Crippen molar-refractivity contribution in [1.29, 1.82) is 0 Å². The van der Waals surface area contributed by atoms with E-state index in [1.54, 1.807) is 0 Å². The highest BCUT2D eigenvalue weighted by Gasteiger charge is 2.41. The minimum atomic E-state index is -1.73. The number of fused-ring (bicyclic) bond motifs is 4. The molecule has 1 aliphatic heterocycles. The van der Waals surface area contributed by atoms with Crippen molar-refractivity contribution in [3.8, 4) is 22.4 Å². The lowest BCUT2D eigenvalue weighted by atomic mass is 9.78. The number of benzene rings is 3. The molecule has 40 heavy (non-hydrogen) atoms. The van der Waals surface area contributed by atoms with E-state index in [-0.39, 0.29) is 6.04 Å². The van der Waals surface area contributed by atoms with E-state index in [0.717, 1.165) is 25.0 Å². The van der Waals surface area contributed by atoms with E-state index in [0.29, 0.717) is 5.92 Å². The van der Waals surface area contributed by atoms with E-state index in [1.165, 1.54) is 49.5 Å². The Labute approximate surface area is 241 Å². The molecular weight excluding hydrogens is 501 g/mol. The van der Waals surface area contributed by atoms with Crippen molar-refractivity contribution < 1.29 is 4.57 Å². The summed E-state index contributed by atoms with van der Waals surface area (Å²) in [6.07, 6.45) is 9.70. The summed E-state index contributed by atoms with van der Waals surface area (Å²) in [4.78, 5) is 0. The van der Waals surface area contributed by atoms with Gasteiger partial charge < -0.3 is 5.32 Å². The van der Waals surface area contributed by atoms with Gasteiger partial charge in [-0.1, -0.05) is 111 Å². The lowest BCUT2D eigenvalue weighted by Gasteiger charge is -2.33. The van der Waals surface area contributed by atoms with Gasteiger partial charge in [-0.2, -0.15) is 4.57 Å². The number of pyridine rings is 1. The van der Waals surface area contributed by atoms with Crippen molar-refractivity contribution in [3.05, 3.63) is 121 Å². The van der Waals surface area contributed by atoms with Gasteiger partial charge in [0.2, 0.25) is 5.69 Å². The van der Waals surface area contributed by atoms with Crippen LogP contribution in [-0.2, 0) is 0 Å². The van der Waals surface area contributed by atoms with Crippen molar-refractivity contribution in [2.75, 3.05) is 7.05 Å².